The number of furan rings is 1. The lowest BCUT2D eigenvalue weighted by molar-refractivity contribution is 0.0654. The van der Waals surface area contributed by atoms with Crippen LogP contribution in [0.25, 0.3) is 0 Å². The van der Waals surface area contributed by atoms with Crippen LogP contribution < -0.4 is 10.0 Å². The molecule has 1 atom stereocenters. The third kappa shape index (κ3) is 3.57. The molecule has 1 aromatic heterocycles. The molecular weight excluding hydrogens is 318 g/mol. The van der Waals surface area contributed by atoms with Crippen LogP contribution in [0.1, 0.15) is 23.0 Å². The van der Waals surface area contributed by atoms with Crippen LogP contribution in [0.15, 0.2) is 15.6 Å². The highest BCUT2D eigenvalue weighted by molar-refractivity contribution is 7.89. The Kier molecular flexibility index (Phi) is 5.80. The van der Waals surface area contributed by atoms with Crippen molar-refractivity contribution >= 4 is 28.3 Å². The molecule has 1 aromatic rings. The number of hydrogen-bond acceptors (Lipinski definition) is 5. The summed E-state index contributed by atoms with van der Waals surface area (Å²) in [5.41, 5.74) is 0.299. The lowest BCUT2D eigenvalue weighted by atomic mass is 10.1. The first-order chi connectivity index (χ1) is 9.36. The maximum atomic E-state index is 12.5. The highest BCUT2D eigenvalue weighted by atomic mass is 35.5. The molecule has 9 heteroatoms. The predicted octanol–water partition coefficient (Wildman–Crippen LogP) is 0.352. The molecule has 0 bridgehead atoms. The Morgan fingerprint density at radius 2 is 2.19 bits per heavy atom. The minimum atomic E-state index is -3.68. The summed E-state index contributed by atoms with van der Waals surface area (Å²) < 4.78 is 30.8. The van der Waals surface area contributed by atoms with Gasteiger partial charge >= 0.3 is 0 Å². The van der Waals surface area contributed by atoms with Gasteiger partial charge < -0.3 is 14.6 Å². The smallest absolute Gasteiger partial charge is 0.273 e. The number of carbonyl (C=O) groups is 1. The highest BCUT2D eigenvalue weighted by Gasteiger charge is 2.29. The van der Waals surface area contributed by atoms with Crippen molar-refractivity contribution in [3.8, 4) is 0 Å². The Bertz CT molecular complexity index is 614. The van der Waals surface area contributed by atoms with Crippen molar-refractivity contribution in [2.75, 3.05) is 26.7 Å². The molecule has 1 fully saturated rings. The van der Waals surface area contributed by atoms with Crippen molar-refractivity contribution in [1.82, 2.24) is 14.9 Å². The van der Waals surface area contributed by atoms with Crippen molar-refractivity contribution in [2.45, 2.75) is 25.0 Å². The molecular formula is C12H20ClN3O4S. The van der Waals surface area contributed by atoms with Gasteiger partial charge in [-0.05, 0) is 20.9 Å². The number of sulfonamides is 1. The summed E-state index contributed by atoms with van der Waals surface area (Å²) in [6.07, 6.45) is 0. The molecule has 0 aromatic carbocycles. The molecule has 0 aliphatic carbocycles. The van der Waals surface area contributed by atoms with Gasteiger partial charge in [-0.1, -0.05) is 0 Å². The molecule has 2 rings (SSSR count). The SMILES string of the molecule is CNS(=O)(=O)c1cc(C(=O)N2CCNC[C@H]2C)c(C)o1.Cl. The van der Waals surface area contributed by atoms with Crippen LogP contribution in [-0.2, 0) is 10.0 Å². The topological polar surface area (TPSA) is 91.7 Å². The third-order valence-corrected chi connectivity index (χ3v) is 4.69. The van der Waals surface area contributed by atoms with E-state index >= 15 is 0 Å². The van der Waals surface area contributed by atoms with E-state index in [2.05, 4.69) is 10.0 Å². The number of hydrogen-bond donors (Lipinski definition) is 2. The number of halogens is 1. The fraction of sp³-hybridized carbons (Fsp3) is 0.583. The summed E-state index contributed by atoms with van der Waals surface area (Å²) in [6, 6.07) is 1.35. The summed E-state index contributed by atoms with van der Waals surface area (Å²) in [5, 5.41) is 2.97. The van der Waals surface area contributed by atoms with E-state index in [1.165, 1.54) is 13.1 Å². The number of carbonyl (C=O) groups excluding carboxylic acids is 1. The number of amides is 1. The minimum Gasteiger partial charge on any atom is -0.448 e. The largest absolute Gasteiger partial charge is 0.448 e. The van der Waals surface area contributed by atoms with Crippen LogP contribution in [0.4, 0.5) is 0 Å². The average Bonchev–Trinajstić information content (AvgIpc) is 2.81. The molecule has 1 aliphatic heterocycles. The van der Waals surface area contributed by atoms with E-state index in [1.807, 2.05) is 6.92 Å². The predicted molar refractivity (Wildman–Crippen MR) is 80.3 cm³/mol. The Morgan fingerprint density at radius 1 is 1.52 bits per heavy atom. The van der Waals surface area contributed by atoms with E-state index in [1.54, 1.807) is 11.8 Å². The van der Waals surface area contributed by atoms with Crippen molar-refractivity contribution in [2.24, 2.45) is 0 Å². The first-order valence-electron chi connectivity index (χ1n) is 6.42. The highest BCUT2D eigenvalue weighted by Crippen LogP contribution is 2.21. The molecule has 2 heterocycles. The second-order valence-electron chi connectivity index (χ2n) is 4.79. The Morgan fingerprint density at radius 3 is 2.76 bits per heavy atom. The van der Waals surface area contributed by atoms with Gasteiger partial charge in [0.15, 0.2) is 0 Å². The summed E-state index contributed by atoms with van der Waals surface area (Å²) >= 11 is 0. The van der Waals surface area contributed by atoms with Gasteiger partial charge in [0.05, 0.1) is 5.56 Å². The van der Waals surface area contributed by atoms with Crippen LogP contribution in [0.2, 0.25) is 0 Å². The molecule has 1 saturated heterocycles. The molecule has 0 spiro atoms. The van der Waals surface area contributed by atoms with Crippen LogP contribution in [0.3, 0.4) is 0 Å². The molecule has 0 unspecified atom stereocenters. The van der Waals surface area contributed by atoms with Crippen molar-refractivity contribution in [1.29, 1.82) is 0 Å². The van der Waals surface area contributed by atoms with Crippen LogP contribution >= 0.6 is 12.4 Å². The Hall–Kier alpha value is -1.09. The lowest BCUT2D eigenvalue weighted by Crippen LogP contribution is -2.52. The standard InChI is InChI=1S/C12H19N3O4S.ClH/c1-8-7-14-4-5-15(8)12(16)10-6-11(19-9(10)2)20(17,18)13-3;/h6,8,13-14H,4-5,7H2,1-3H3;1H/t8-;/m1./s1. The normalized spacial score (nSPS) is 19.2. The van der Waals surface area contributed by atoms with Gasteiger partial charge in [-0.3, -0.25) is 4.79 Å². The second-order valence-corrected chi connectivity index (χ2v) is 6.61. The van der Waals surface area contributed by atoms with Gasteiger partial charge in [-0.25, -0.2) is 13.1 Å². The maximum absolute atomic E-state index is 12.5. The zero-order chi connectivity index (χ0) is 14.9. The molecule has 0 saturated carbocycles. The Labute approximate surface area is 130 Å². The number of aryl methyl sites for hydroxylation is 1. The van der Waals surface area contributed by atoms with Crippen LogP contribution in [-0.4, -0.2) is 51.9 Å². The van der Waals surface area contributed by atoms with E-state index in [9.17, 15) is 13.2 Å². The lowest BCUT2D eigenvalue weighted by Gasteiger charge is -2.33. The molecule has 7 nitrogen and oxygen atoms in total. The van der Waals surface area contributed by atoms with Crippen molar-refractivity contribution in [3.63, 3.8) is 0 Å². The van der Waals surface area contributed by atoms with Crippen LogP contribution in [0, 0.1) is 6.92 Å². The van der Waals surface area contributed by atoms with Gasteiger partial charge in [0.1, 0.15) is 5.76 Å². The molecule has 2 N–H and O–H groups in total. The Balaban J connectivity index is 0.00000220. The third-order valence-electron chi connectivity index (χ3n) is 3.42. The molecule has 1 aliphatic rings. The van der Waals surface area contributed by atoms with Crippen molar-refractivity contribution < 1.29 is 17.6 Å². The fourth-order valence-corrected chi connectivity index (χ4v) is 2.91. The number of nitrogens with one attached hydrogen (secondary N) is 2. The molecule has 1 amide bonds. The number of piperazine rings is 1. The first kappa shape index (κ1) is 18.0. The summed E-state index contributed by atoms with van der Waals surface area (Å²) in [6.45, 7) is 5.59. The van der Waals surface area contributed by atoms with E-state index in [0.717, 1.165) is 13.1 Å². The monoisotopic (exact) mass is 337 g/mol. The zero-order valence-corrected chi connectivity index (χ0v) is 13.8. The van der Waals surface area contributed by atoms with E-state index in [4.69, 9.17) is 4.42 Å². The minimum absolute atomic E-state index is 0. The van der Waals surface area contributed by atoms with Gasteiger partial charge in [0, 0.05) is 31.7 Å². The van der Waals surface area contributed by atoms with E-state index in [0.29, 0.717) is 17.9 Å². The number of rotatable bonds is 3. The van der Waals surface area contributed by atoms with Gasteiger partial charge in [-0.15, -0.1) is 12.4 Å². The van der Waals surface area contributed by atoms with Crippen molar-refractivity contribution in [3.05, 3.63) is 17.4 Å². The zero-order valence-electron chi connectivity index (χ0n) is 12.2. The fourth-order valence-electron chi connectivity index (χ4n) is 2.20. The average molecular weight is 338 g/mol. The van der Waals surface area contributed by atoms with Gasteiger partial charge in [0.25, 0.3) is 15.9 Å². The molecule has 0 radical (unpaired) electrons. The summed E-state index contributed by atoms with van der Waals surface area (Å²) in [4.78, 5) is 14.2. The first-order valence-corrected chi connectivity index (χ1v) is 7.91. The van der Waals surface area contributed by atoms with Crippen LogP contribution in [0.5, 0.6) is 0 Å². The van der Waals surface area contributed by atoms with E-state index < -0.39 is 10.0 Å². The van der Waals surface area contributed by atoms with Gasteiger partial charge in [-0.2, -0.15) is 0 Å². The quantitative estimate of drug-likeness (QED) is 0.830. The van der Waals surface area contributed by atoms with E-state index in [-0.39, 0.29) is 29.4 Å². The molecule has 21 heavy (non-hydrogen) atoms. The van der Waals surface area contributed by atoms with Gasteiger partial charge in [0.2, 0.25) is 5.09 Å². The summed E-state index contributed by atoms with van der Waals surface area (Å²) in [7, 11) is -2.38. The second kappa shape index (κ2) is 6.78. The molecule has 120 valence electrons. The maximum Gasteiger partial charge on any atom is 0.273 e. The summed E-state index contributed by atoms with van der Waals surface area (Å²) in [5.74, 6) is 0.118. The number of nitrogens with zero attached hydrogens (tertiary/aromatic N) is 1.